The molecule has 2 aromatic carbocycles. The van der Waals surface area contributed by atoms with Crippen molar-refractivity contribution in [1.82, 2.24) is 14.4 Å². The standard InChI is InChI=1S/C22H21N3O3S/c1-3-28-18-10-6-16(7-11-18)20-21(25-15-5-14-23-22(25)24-20)17-8-12-19(13-9-17)29(26,27)4-2/h5-15H,3-4H2,1-2H3. The molecule has 0 fully saturated rings. The molecule has 0 saturated heterocycles. The molecule has 6 nitrogen and oxygen atoms in total. The summed E-state index contributed by atoms with van der Waals surface area (Å²) in [5.41, 5.74) is 3.43. The van der Waals surface area contributed by atoms with Crippen LogP contribution in [0.4, 0.5) is 0 Å². The van der Waals surface area contributed by atoms with E-state index in [1.165, 1.54) is 0 Å². The lowest BCUT2D eigenvalue weighted by atomic mass is 10.0. The quantitative estimate of drug-likeness (QED) is 0.478. The number of aromatic nitrogens is 3. The predicted molar refractivity (Wildman–Crippen MR) is 113 cm³/mol. The van der Waals surface area contributed by atoms with Gasteiger partial charge in [0.25, 0.3) is 0 Å². The molecule has 7 heteroatoms. The molecule has 2 aromatic heterocycles. The lowest BCUT2D eigenvalue weighted by molar-refractivity contribution is 0.340. The summed E-state index contributed by atoms with van der Waals surface area (Å²) in [5.74, 6) is 1.45. The summed E-state index contributed by atoms with van der Waals surface area (Å²) in [6, 6.07) is 16.5. The van der Waals surface area contributed by atoms with Crippen LogP contribution in [0, 0.1) is 0 Å². The molecule has 4 aromatic rings. The third kappa shape index (κ3) is 3.61. The highest BCUT2D eigenvalue weighted by atomic mass is 32.2. The van der Waals surface area contributed by atoms with Crippen LogP contribution in [0.3, 0.4) is 0 Å². The molecule has 2 heterocycles. The van der Waals surface area contributed by atoms with Crippen LogP contribution in [-0.4, -0.2) is 35.1 Å². The number of nitrogens with zero attached hydrogens (tertiary/aromatic N) is 3. The third-order valence-corrected chi connectivity index (χ3v) is 6.46. The second-order valence-corrected chi connectivity index (χ2v) is 8.76. The zero-order valence-corrected chi connectivity index (χ0v) is 17.1. The van der Waals surface area contributed by atoms with E-state index in [1.54, 1.807) is 25.3 Å². The highest BCUT2D eigenvalue weighted by Crippen LogP contribution is 2.33. The molecule has 0 bridgehead atoms. The molecule has 0 unspecified atom stereocenters. The molecular weight excluding hydrogens is 386 g/mol. The van der Waals surface area contributed by atoms with Gasteiger partial charge in [0.1, 0.15) is 5.75 Å². The fourth-order valence-electron chi connectivity index (χ4n) is 3.23. The van der Waals surface area contributed by atoms with E-state index < -0.39 is 9.84 Å². The van der Waals surface area contributed by atoms with Crippen molar-refractivity contribution < 1.29 is 13.2 Å². The van der Waals surface area contributed by atoms with E-state index in [0.717, 1.165) is 28.3 Å². The van der Waals surface area contributed by atoms with Crippen LogP contribution in [-0.2, 0) is 9.84 Å². The monoisotopic (exact) mass is 407 g/mol. The second kappa shape index (κ2) is 7.67. The summed E-state index contributed by atoms with van der Waals surface area (Å²) in [6.45, 7) is 4.20. The molecule has 0 saturated carbocycles. The first kappa shape index (κ1) is 19.1. The van der Waals surface area contributed by atoms with Gasteiger partial charge < -0.3 is 4.74 Å². The van der Waals surface area contributed by atoms with Crippen molar-refractivity contribution in [2.24, 2.45) is 0 Å². The van der Waals surface area contributed by atoms with Gasteiger partial charge in [-0.3, -0.25) is 4.40 Å². The number of hydrogen-bond acceptors (Lipinski definition) is 5. The summed E-state index contributed by atoms with van der Waals surface area (Å²) in [7, 11) is -3.25. The SMILES string of the molecule is CCOc1ccc(-c2nc3ncccn3c2-c2ccc(S(=O)(=O)CC)cc2)cc1. The Kier molecular flexibility index (Phi) is 5.07. The van der Waals surface area contributed by atoms with Crippen LogP contribution in [0.1, 0.15) is 13.8 Å². The molecule has 29 heavy (non-hydrogen) atoms. The first-order valence-electron chi connectivity index (χ1n) is 9.43. The van der Waals surface area contributed by atoms with E-state index in [2.05, 4.69) is 4.98 Å². The van der Waals surface area contributed by atoms with Gasteiger partial charge in [0.2, 0.25) is 5.78 Å². The number of hydrogen-bond donors (Lipinski definition) is 0. The Labute approximate surface area is 169 Å². The van der Waals surface area contributed by atoms with Crippen molar-refractivity contribution in [2.75, 3.05) is 12.4 Å². The van der Waals surface area contributed by atoms with Gasteiger partial charge in [-0.15, -0.1) is 0 Å². The molecule has 4 rings (SSSR count). The first-order valence-corrected chi connectivity index (χ1v) is 11.1. The van der Waals surface area contributed by atoms with Crippen molar-refractivity contribution in [3.05, 3.63) is 67.0 Å². The average Bonchev–Trinajstić information content (AvgIpc) is 3.14. The van der Waals surface area contributed by atoms with Gasteiger partial charge in [0, 0.05) is 23.5 Å². The maximum atomic E-state index is 12.1. The lowest BCUT2D eigenvalue weighted by Gasteiger charge is -2.08. The molecule has 0 aliphatic rings. The Bertz CT molecular complexity index is 1240. The molecule has 0 amide bonds. The minimum atomic E-state index is -3.25. The molecule has 0 aliphatic heterocycles. The molecule has 0 radical (unpaired) electrons. The predicted octanol–water partition coefficient (Wildman–Crippen LogP) is 4.26. The van der Waals surface area contributed by atoms with Crippen molar-refractivity contribution in [1.29, 1.82) is 0 Å². The molecule has 0 atom stereocenters. The van der Waals surface area contributed by atoms with Crippen molar-refractivity contribution in [3.63, 3.8) is 0 Å². The number of benzene rings is 2. The summed E-state index contributed by atoms with van der Waals surface area (Å²) >= 11 is 0. The highest BCUT2D eigenvalue weighted by molar-refractivity contribution is 7.91. The van der Waals surface area contributed by atoms with Crippen molar-refractivity contribution in [2.45, 2.75) is 18.7 Å². The van der Waals surface area contributed by atoms with Gasteiger partial charge in [-0.2, -0.15) is 0 Å². The lowest BCUT2D eigenvalue weighted by Crippen LogP contribution is -2.03. The average molecular weight is 407 g/mol. The largest absolute Gasteiger partial charge is 0.494 e. The normalized spacial score (nSPS) is 11.7. The van der Waals surface area contributed by atoms with Crippen molar-refractivity contribution >= 4 is 15.6 Å². The fraction of sp³-hybridized carbons (Fsp3) is 0.182. The van der Waals surface area contributed by atoms with Crippen LogP contribution >= 0.6 is 0 Å². The Balaban J connectivity index is 1.86. The maximum absolute atomic E-state index is 12.1. The molecule has 0 aliphatic carbocycles. The minimum absolute atomic E-state index is 0.0727. The van der Waals surface area contributed by atoms with Gasteiger partial charge in [-0.25, -0.2) is 18.4 Å². The molecule has 0 spiro atoms. The maximum Gasteiger partial charge on any atom is 0.234 e. The van der Waals surface area contributed by atoms with Crippen LogP contribution in [0.15, 0.2) is 71.9 Å². The Hall–Kier alpha value is -3.19. The topological polar surface area (TPSA) is 73.6 Å². The van der Waals surface area contributed by atoms with Crippen LogP contribution in [0.2, 0.25) is 0 Å². The minimum Gasteiger partial charge on any atom is -0.494 e. The molecule has 148 valence electrons. The van der Waals surface area contributed by atoms with Gasteiger partial charge in [0.15, 0.2) is 9.84 Å². The highest BCUT2D eigenvalue weighted by Gasteiger charge is 2.18. The zero-order valence-electron chi connectivity index (χ0n) is 16.2. The van der Waals surface area contributed by atoms with E-state index >= 15 is 0 Å². The fourth-order valence-corrected chi connectivity index (χ4v) is 4.11. The molecular formula is C22H21N3O3S. The second-order valence-electron chi connectivity index (χ2n) is 6.48. The number of fused-ring (bicyclic) bond motifs is 1. The van der Waals surface area contributed by atoms with E-state index in [4.69, 9.17) is 9.72 Å². The van der Waals surface area contributed by atoms with Crippen molar-refractivity contribution in [3.8, 4) is 28.3 Å². The van der Waals surface area contributed by atoms with E-state index in [1.807, 2.05) is 60.0 Å². The van der Waals surface area contributed by atoms with Gasteiger partial charge in [0.05, 0.1) is 28.6 Å². The van der Waals surface area contributed by atoms with Gasteiger partial charge >= 0.3 is 0 Å². The third-order valence-electron chi connectivity index (χ3n) is 4.71. The first-order chi connectivity index (χ1) is 14.0. The van der Waals surface area contributed by atoms with Gasteiger partial charge in [-0.05, 0) is 49.4 Å². The smallest absolute Gasteiger partial charge is 0.234 e. The Morgan fingerprint density at radius 3 is 2.31 bits per heavy atom. The van der Waals surface area contributed by atoms with Crippen LogP contribution in [0.25, 0.3) is 28.3 Å². The number of imidazole rings is 1. The van der Waals surface area contributed by atoms with E-state index in [0.29, 0.717) is 17.3 Å². The Morgan fingerprint density at radius 2 is 1.66 bits per heavy atom. The number of sulfone groups is 1. The van der Waals surface area contributed by atoms with E-state index in [-0.39, 0.29) is 5.75 Å². The summed E-state index contributed by atoms with van der Waals surface area (Å²) in [5, 5.41) is 0. The summed E-state index contributed by atoms with van der Waals surface area (Å²) in [6.07, 6.45) is 3.60. The van der Waals surface area contributed by atoms with Crippen LogP contribution < -0.4 is 4.74 Å². The Morgan fingerprint density at radius 1 is 0.966 bits per heavy atom. The van der Waals surface area contributed by atoms with Gasteiger partial charge in [-0.1, -0.05) is 19.1 Å². The summed E-state index contributed by atoms with van der Waals surface area (Å²) in [4.78, 5) is 9.39. The number of rotatable bonds is 6. The van der Waals surface area contributed by atoms with E-state index in [9.17, 15) is 8.42 Å². The van der Waals surface area contributed by atoms with Crippen LogP contribution in [0.5, 0.6) is 5.75 Å². The summed E-state index contributed by atoms with van der Waals surface area (Å²) < 4.78 is 31.7. The number of ether oxygens (including phenoxy) is 1. The zero-order chi connectivity index (χ0) is 20.4. The molecule has 0 N–H and O–H groups in total.